The zero-order valence-electron chi connectivity index (χ0n) is 23.3. The maximum Gasteiger partial charge on any atom is 0.480 e. The number of halogens is 5. The summed E-state index contributed by atoms with van der Waals surface area (Å²) in [5, 5.41) is 12.4. The number of benzene rings is 1. The van der Waals surface area contributed by atoms with E-state index in [2.05, 4.69) is 18.9 Å². The van der Waals surface area contributed by atoms with E-state index in [0.29, 0.717) is 12.8 Å². The Labute approximate surface area is 247 Å². The highest BCUT2D eigenvalue weighted by molar-refractivity contribution is 6.40. The number of carboxylic acids is 1. The number of hydrogen-bond acceptors (Lipinski definition) is 3. The lowest BCUT2D eigenvalue weighted by Crippen LogP contribution is -2.51. The number of ketones is 1. The van der Waals surface area contributed by atoms with Crippen molar-refractivity contribution >= 4 is 40.9 Å². The number of carbonyl (C=O) groups excluding carboxylic acids is 2. The van der Waals surface area contributed by atoms with Gasteiger partial charge in [-0.3, -0.25) is 14.4 Å². The number of amides is 1. The van der Waals surface area contributed by atoms with Gasteiger partial charge in [0.2, 0.25) is 0 Å². The molecule has 0 atom stereocenters. The summed E-state index contributed by atoms with van der Waals surface area (Å²) in [7, 11) is 0. The molecule has 2 aromatic rings. The Morgan fingerprint density at radius 2 is 1.59 bits per heavy atom. The molecule has 1 aromatic carbocycles. The first kappa shape index (κ1) is 31.3. The van der Waals surface area contributed by atoms with Crippen LogP contribution in [-0.2, 0) is 11.0 Å². The molecule has 1 heterocycles. The Morgan fingerprint density at radius 3 is 2.10 bits per heavy atom. The van der Waals surface area contributed by atoms with Crippen molar-refractivity contribution in [2.75, 3.05) is 6.54 Å². The Hall–Kier alpha value is -2.59. The fraction of sp³-hybridized carbons (Fsp3) is 0.586. The lowest BCUT2D eigenvalue weighted by atomic mass is 9.74. The molecule has 2 aliphatic rings. The molecule has 0 aliphatic heterocycles. The van der Waals surface area contributed by atoms with Crippen molar-refractivity contribution in [2.45, 2.75) is 90.4 Å². The summed E-state index contributed by atoms with van der Waals surface area (Å²) in [4.78, 5) is 40.3. The Balaban J connectivity index is 1.70. The summed E-state index contributed by atoms with van der Waals surface area (Å²) < 4.78 is 44.7. The predicted octanol–water partition coefficient (Wildman–Crippen LogP) is 7.13. The fourth-order valence-corrected chi connectivity index (χ4v) is 6.67. The van der Waals surface area contributed by atoms with Gasteiger partial charge in [-0.1, -0.05) is 43.1 Å². The van der Waals surface area contributed by atoms with E-state index < -0.39 is 59.1 Å². The molecule has 2 aliphatic carbocycles. The van der Waals surface area contributed by atoms with Crippen LogP contribution in [0.15, 0.2) is 24.4 Å². The third-order valence-electron chi connectivity index (χ3n) is 8.85. The van der Waals surface area contributed by atoms with E-state index >= 15 is 0 Å². The minimum atomic E-state index is -4.88. The molecule has 12 heteroatoms. The third kappa shape index (κ3) is 6.58. The molecular weight excluding hydrogens is 582 g/mol. The van der Waals surface area contributed by atoms with E-state index in [1.807, 2.05) is 0 Å². The first-order chi connectivity index (χ1) is 19.0. The van der Waals surface area contributed by atoms with Crippen molar-refractivity contribution in [2.24, 2.45) is 10.8 Å². The largest absolute Gasteiger partial charge is 0.481 e. The van der Waals surface area contributed by atoms with Gasteiger partial charge in [-0.2, -0.15) is 18.3 Å². The summed E-state index contributed by atoms with van der Waals surface area (Å²) in [6.07, 6.45) is -0.469. The molecule has 7 nitrogen and oxygen atoms in total. The fourth-order valence-electron chi connectivity index (χ4n) is 6.06. The molecule has 4 rings (SSSR count). The van der Waals surface area contributed by atoms with Gasteiger partial charge in [0.05, 0.1) is 33.8 Å². The minimum absolute atomic E-state index is 0.0148. The van der Waals surface area contributed by atoms with Crippen LogP contribution in [-0.4, -0.2) is 45.4 Å². The zero-order valence-corrected chi connectivity index (χ0v) is 24.8. The summed E-state index contributed by atoms with van der Waals surface area (Å²) in [5.74, 6) is -2.44. The molecule has 1 aromatic heterocycles. The van der Waals surface area contributed by atoms with Gasteiger partial charge < -0.3 is 10.0 Å². The molecule has 2 saturated carbocycles. The molecular formula is C29H35Cl2F3N3O4+. The maximum absolute atomic E-state index is 14.6. The highest BCUT2D eigenvalue weighted by Gasteiger charge is 2.52. The average Bonchev–Trinajstić information content (AvgIpc) is 3.33. The average molecular weight is 618 g/mol. The normalized spacial score (nSPS) is 23.3. The van der Waals surface area contributed by atoms with Crippen molar-refractivity contribution in [3.63, 3.8) is 0 Å². The monoisotopic (exact) mass is 616 g/mol. The van der Waals surface area contributed by atoms with Crippen LogP contribution in [0.1, 0.15) is 105 Å². The second-order valence-electron chi connectivity index (χ2n) is 12.3. The summed E-state index contributed by atoms with van der Waals surface area (Å²) in [6, 6.07) is 3.45. The van der Waals surface area contributed by atoms with Gasteiger partial charge >= 0.3 is 17.8 Å². The molecule has 41 heavy (non-hydrogen) atoms. The van der Waals surface area contributed by atoms with Gasteiger partial charge in [0, 0.05) is 18.9 Å². The first-order valence-corrected chi connectivity index (χ1v) is 14.5. The third-order valence-corrected chi connectivity index (χ3v) is 9.48. The van der Waals surface area contributed by atoms with Crippen molar-refractivity contribution in [3.8, 4) is 0 Å². The smallest absolute Gasteiger partial charge is 0.480 e. The molecule has 2 fully saturated rings. The number of aromatic nitrogens is 2. The molecule has 1 amide bonds. The van der Waals surface area contributed by atoms with Crippen LogP contribution < -0.4 is 4.68 Å². The number of hydrogen-bond donors (Lipinski definition) is 2. The van der Waals surface area contributed by atoms with E-state index in [-0.39, 0.29) is 46.7 Å². The van der Waals surface area contributed by atoms with Gasteiger partial charge in [0.15, 0.2) is 11.8 Å². The van der Waals surface area contributed by atoms with Crippen molar-refractivity contribution in [3.05, 3.63) is 51.3 Å². The van der Waals surface area contributed by atoms with Crippen LogP contribution in [0.5, 0.6) is 0 Å². The Morgan fingerprint density at radius 1 is 1.02 bits per heavy atom. The predicted molar refractivity (Wildman–Crippen MR) is 147 cm³/mol. The van der Waals surface area contributed by atoms with Crippen LogP contribution in [0, 0.1) is 10.8 Å². The first-order valence-electron chi connectivity index (χ1n) is 13.8. The van der Waals surface area contributed by atoms with E-state index in [1.54, 1.807) is 13.0 Å². The van der Waals surface area contributed by atoms with Gasteiger partial charge in [-0.15, -0.1) is 4.68 Å². The molecule has 0 bridgehead atoms. The molecule has 0 radical (unpaired) electrons. The summed E-state index contributed by atoms with van der Waals surface area (Å²) >= 11 is 12.5. The van der Waals surface area contributed by atoms with Crippen LogP contribution in [0.2, 0.25) is 10.0 Å². The number of H-pyrrole nitrogens is 1. The highest BCUT2D eigenvalue weighted by atomic mass is 35.5. The minimum Gasteiger partial charge on any atom is -0.481 e. The van der Waals surface area contributed by atoms with Gasteiger partial charge in [0.1, 0.15) is 5.56 Å². The van der Waals surface area contributed by atoms with E-state index in [0.717, 1.165) is 23.7 Å². The number of aliphatic carboxylic acids is 1. The molecule has 0 saturated heterocycles. The van der Waals surface area contributed by atoms with E-state index in [4.69, 9.17) is 23.2 Å². The molecule has 224 valence electrons. The number of rotatable bonds is 7. The quantitative estimate of drug-likeness (QED) is 0.256. The SMILES string of the molecule is CC1(C)CCC(N(CC(=O)c2c(Cl)cccc2Cl)C(=O)c2c[nH][n+](C3CCC(C)(C(=O)O)CC3)c2C(F)(F)F)CC1. The second-order valence-corrected chi connectivity index (χ2v) is 13.2. The van der Waals surface area contributed by atoms with Crippen LogP contribution in [0.25, 0.3) is 0 Å². The summed E-state index contributed by atoms with van der Waals surface area (Å²) in [6.45, 7) is 5.31. The lowest BCUT2D eigenvalue weighted by Gasteiger charge is -2.40. The lowest BCUT2D eigenvalue weighted by molar-refractivity contribution is -0.790. The maximum atomic E-state index is 14.6. The van der Waals surface area contributed by atoms with Crippen molar-refractivity contribution in [1.29, 1.82) is 0 Å². The highest BCUT2D eigenvalue weighted by Crippen LogP contribution is 2.41. The topological polar surface area (TPSA) is 94.4 Å². The number of aromatic amines is 1. The summed E-state index contributed by atoms with van der Waals surface area (Å²) in [5.41, 5.74) is -2.68. The van der Waals surface area contributed by atoms with Gasteiger partial charge in [-0.25, -0.2) is 0 Å². The molecule has 2 N–H and O–H groups in total. The molecule has 0 spiro atoms. The van der Waals surface area contributed by atoms with E-state index in [9.17, 15) is 32.7 Å². The number of alkyl halides is 3. The second kappa shape index (κ2) is 11.6. The Bertz CT molecular complexity index is 1300. The van der Waals surface area contributed by atoms with Crippen molar-refractivity contribution < 1.29 is 37.3 Å². The number of nitrogens with one attached hydrogen (secondary N) is 1. The number of carbonyl (C=O) groups is 3. The zero-order chi connectivity index (χ0) is 30.3. The Kier molecular flexibility index (Phi) is 8.86. The standard InChI is InChI=1S/C29H34Cl2F3N3O4/c1-27(2)11-7-17(8-12-27)36(16-22(38)23-20(30)5-4-6-21(23)31)25(39)19-15-35-37(24(19)29(32,33)34)18-9-13-28(3,14-10-18)26(40)41/h4-6,15,17-18H,7-14,16H2,1-3H3,(H,40,41)/p+1. The number of nitrogens with zero attached hydrogens (tertiary/aromatic N) is 2. The van der Waals surface area contributed by atoms with Crippen LogP contribution >= 0.6 is 23.2 Å². The van der Waals surface area contributed by atoms with Gasteiger partial charge in [-0.05, 0) is 63.0 Å². The number of Topliss-reactive ketones (excluding diaryl/α,β-unsaturated/α-hetero) is 1. The van der Waals surface area contributed by atoms with Gasteiger partial charge in [0.25, 0.3) is 5.91 Å². The molecule has 0 unspecified atom stereocenters. The van der Waals surface area contributed by atoms with Crippen molar-refractivity contribution in [1.82, 2.24) is 10.00 Å². The van der Waals surface area contributed by atoms with E-state index in [1.165, 1.54) is 17.0 Å². The number of carboxylic acid groups (broad SMARTS) is 1. The van der Waals surface area contributed by atoms with Crippen LogP contribution in [0.4, 0.5) is 13.2 Å². The van der Waals surface area contributed by atoms with Crippen LogP contribution in [0.3, 0.4) is 0 Å².